The van der Waals surface area contributed by atoms with Crippen molar-refractivity contribution in [3.63, 3.8) is 0 Å². The van der Waals surface area contributed by atoms with E-state index in [2.05, 4.69) is 5.10 Å². The van der Waals surface area contributed by atoms with Crippen LogP contribution in [0, 0.1) is 0 Å². The summed E-state index contributed by atoms with van der Waals surface area (Å²) in [6.45, 7) is 0.213. The zero-order valence-corrected chi connectivity index (χ0v) is 16.9. The number of carbonyl (C=O) groups is 1. The zero-order valence-electron chi connectivity index (χ0n) is 16.1. The molecule has 7 heteroatoms. The van der Waals surface area contributed by atoms with Gasteiger partial charge in [-0.25, -0.2) is 9.48 Å². The van der Waals surface area contributed by atoms with Crippen LogP contribution in [0.1, 0.15) is 32.9 Å². The van der Waals surface area contributed by atoms with Crippen LogP contribution in [0.5, 0.6) is 0 Å². The van der Waals surface area contributed by atoms with E-state index >= 15 is 0 Å². The molecule has 0 atom stereocenters. The van der Waals surface area contributed by atoms with Gasteiger partial charge in [-0.3, -0.25) is 0 Å². The van der Waals surface area contributed by atoms with Gasteiger partial charge >= 0.3 is 5.97 Å². The Kier molecular flexibility index (Phi) is 6.82. The number of nitrogens with zero attached hydrogens (tertiary/aromatic N) is 2. The molecule has 3 rings (SSSR count). The summed E-state index contributed by atoms with van der Waals surface area (Å²) in [6, 6.07) is 15.2. The number of rotatable bonds is 8. The summed E-state index contributed by atoms with van der Waals surface area (Å²) in [5.74, 6) is -1.06. The second kappa shape index (κ2) is 9.52. The molecule has 6 nitrogen and oxygen atoms in total. The number of halogens is 1. The lowest BCUT2D eigenvalue weighted by atomic mass is 10.1. The third-order valence-corrected chi connectivity index (χ3v) is 4.53. The van der Waals surface area contributed by atoms with Gasteiger partial charge in [0.25, 0.3) is 0 Å². The van der Waals surface area contributed by atoms with E-state index in [0.717, 1.165) is 16.8 Å². The van der Waals surface area contributed by atoms with E-state index in [-0.39, 0.29) is 18.8 Å². The molecule has 3 aromatic rings. The molecule has 1 N–H and O–H groups in total. The van der Waals surface area contributed by atoms with Crippen molar-refractivity contribution >= 4 is 29.7 Å². The molecule has 29 heavy (non-hydrogen) atoms. The summed E-state index contributed by atoms with van der Waals surface area (Å²) in [4.78, 5) is 11.8. The number of carboxylic acid groups (broad SMARTS) is 1. The Morgan fingerprint density at radius 2 is 1.76 bits per heavy atom. The van der Waals surface area contributed by atoms with Gasteiger partial charge in [-0.05, 0) is 35.4 Å². The number of hydrogen-bond acceptors (Lipinski definition) is 4. The summed E-state index contributed by atoms with van der Waals surface area (Å²) in [5.41, 5.74) is 3.63. The second-order valence-corrected chi connectivity index (χ2v) is 6.77. The molecule has 1 heterocycles. The number of ether oxygens (including phenoxy) is 2. The fourth-order valence-corrected chi connectivity index (χ4v) is 3.12. The summed E-state index contributed by atoms with van der Waals surface area (Å²) in [7, 11) is 3.02. The highest BCUT2D eigenvalue weighted by atomic mass is 35.5. The number of hydrogen-bond donors (Lipinski definition) is 1. The normalized spacial score (nSPS) is 11.3. The summed E-state index contributed by atoms with van der Waals surface area (Å²) in [6.07, 6.45) is 3.95. The van der Waals surface area contributed by atoms with E-state index in [1.165, 1.54) is 14.2 Å². The van der Waals surface area contributed by atoms with E-state index in [1.807, 2.05) is 60.7 Å². The third kappa shape index (κ3) is 4.92. The van der Waals surface area contributed by atoms with Crippen LogP contribution in [0.25, 0.3) is 17.8 Å². The molecule has 0 spiro atoms. The standard InChI is InChI=1S/C22H21ClN2O4/c1-28-13-19-21(22(26)27)20(14-29-2)25(24-19)18-5-3-4-16(12-18)7-6-15-8-10-17(23)11-9-15/h3-12H,13-14H2,1-2H3,(H,26,27)/b7-6+. The third-order valence-electron chi connectivity index (χ3n) is 4.28. The maximum absolute atomic E-state index is 11.8. The molecular weight excluding hydrogens is 392 g/mol. The Hall–Kier alpha value is -2.93. The van der Waals surface area contributed by atoms with Crippen LogP contribution < -0.4 is 0 Å². The zero-order chi connectivity index (χ0) is 20.8. The number of benzene rings is 2. The molecule has 0 bridgehead atoms. The lowest BCUT2D eigenvalue weighted by molar-refractivity contribution is 0.0686. The summed E-state index contributed by atoms with van der Waals surface area (Å²) < 4.78 is 11.9. The first-order valence-corrected chi connectivity index (χ1v) is 9.27. The molecule has 0 saturated heterocycles. The fourth-order valence-electron chi connectivity index (χ4n) is 3.00. The van der Waals surface area contributed by atoms with Crippen molar-refractivity contribution in [1.82, 2.24) is 9.78 Å². The molecule has 0 unspecified atom stereocenters. The van der Waals surface area contributed by atoms with Crippen LogP contribution in [0.3, 0.4) is 0 Å². The highest BCUT2D eigenvalue weighted by Crippen LogP contribution is 2.22. The van der Waals surface area contributed by atoms with Crippen LogP contribution >= 0.6 is 11.6 Å². The molecule has 2 aromatic carbocycles. The lowest BCUT2D eigenvalue weighted by Gasteiger charge is -2.08. The number of methoxy groups -OCH3 is 2. The molecule has 0 radical (unpaired) electrons. The molecule has 0 aliphatic rings. The van der Waals surface area contributed by atoms with E-state index in [1.54, 1.807) is 4.68 Å². The molecular formula is C22H21ClN2O4. The van der Waals surface area contributed by atoms with Gasteiger partial charge in [0.15, 0.2) is 0 Å². The van der Waals surface area contributed by atoms with Crippen molar-refractivity contribution in [2.75, 3.05) is 14.2 Å². The maximum Gasteiger partial charge on any atom is 0.339 e. The predicted molar refractivity (Wildman–Crippen MR) is 112 cm³/mol. The van der Waals surface area contributed by atoms with E-state index in [4.69, 9.17) is 21.1 Å². The minimum atomic E-state index is -1.06. The molecule has 0 amide bonds. The Morgan fingerprint density at radius 3 is 2.41 bits per heavy atom. The van der Waals surface area contributed by atoms with Gasteiger partial charge in [0.2, 0.25) is 0 Å². The molecule has 0 aliphatic carbocycles. The van der Waals surface area contributed by atoms with Crippen molar-refractivity contribution in [3.8, 4) is 5.69 Å². The number of carboxylic acids is 1. The molecule has 150 valence electrons. The van der Waals surface area contributed by atoms with Crippen molar-refractivity contribution in [1.29, 1.82) is 0 Å². The molecule has 0 saturated carbocycles. The lowest BCUT2D eigenvalue weighted by Crippen LogP contribution is -2.08. The Balaban J connectivity index is 2.00. The maximum atomic E-state index is 11.8. The average molecular weight is 413 g/mol. The number of aromatic nitrogens is 2. The van der Waals surface area contributed by atoms with Gasteiger partial charge in [-0.1, -0.05) is 48.0 Å². The first kappa shape index (κ1) is 20.8. The van der Waals surface area contributed by atoms with Crippen molar-refractivity contribution in [3.05, 3.63) is 81.6 Å². The first-order valence-electron chi connectivity index (χ1n) is 8.89. The molecule has 0 aliphatic heterocycles. The smallest absolute Gasteiger partial charge is 0.339 e. The van der Waals surface area contributed by atoms with Crippen molar-refractivity contribution in [2.24, 2.45) is 0 Å². The van der Waals surface area contributed by atoms with Gasteiger partial charge in [0.1, 0.15) is 11.3 Å². The first-order chi connectivity index (χ1) is 14.0. The monoisotopic (exact) mass is 412 g/mol. The Bertz CT molecular complexity index is 1030. The van der Waals surface area contributed by atoms with Crippen molar-refractivity contribution in [2.45, 2.75) is 13.2 Å². The van der Waals surface area contributed by atoms with Gasteiger partial charge in [0.05, 0.1) is 24.6 Å². The summed E-state index contributed by atoms with van der Waals surface area (Å²) >= 11 is 5.92. The largest absolute Gasteiger partial charge is 0.478 e. The minimum Gasteiger partial charge on any atom is -0.478 e. The van der Waals surface area contributed by atoms with Gasteiger partial charge in [0, 0.05) is 19.2 Å². The topological polar surface area (TPSA) is 73.6 Å². The predicted octanol–water partition coefficient (Wildman–Crippen LogP) is 4.69. The van der Waals surface area contributed by atoms with E-state index < -0.39 is 5.97 Å². The SMILES string of the molecule is COCc1nn(-c2cccc(/C=C/c3ccc(Cl)cc3)c2)c(COC)c1C(=O)O. The Morgan fingerprint density at radius 1 is 1.07 bits per heavy atom. The van der Waals surface area contributed by atoms with Crippen LogP contribution in [-0.2, 0) is 22.7 Å². The number of aromatic carboxylic acids is 1. The van der Waals surface area contributed by atoms with Gasteiger partial charge in [-0.15, -0.1) is 0 Å². The van der Waals surface area contributed by atoms with Crippen LogP contribution in [-0.4, -0.2) is 35.1 Å². The second-order valence-electron chi connectivity index (χ2n) is 6.33. The van der Waals surface area contributed by atoms with Gasteiger partial charge < -0.3 is 14.6 Å². The minimum absolute atomic E-state index is 0.0987. The Labute approximate surface area is 174 Å². The van der Waals surface area contributed by atoms with E-state index in [0.29, 0.717) is 16.4 Å². The van der Waals surface area contributed by atoms with Crippen LogP contribution in [0.4, 0.5) is 0 Å². The van der Waals surface area contributed by atoms with E-state index in [9.17, 15) is 9.90 Å². The summed E-state index contributed by atoms with van der Waals surface area (Å²) in [5, 5.41) is 14.8. The fraction of sp³-hybridized carbons (Fsp3) is 0.182. The molecule has 1 aromatic heterocycles. The average Bonchev–Trinajstić information content (AvgIpc) is 3.07. The quantitative estimate of drug-likeness (QED) is 0.543. The van der Waals surface area contributed by atoms with Gasteiger partial charge in [-0.2, -0.15) is 5.10 Å². The highest BCUT2D eigenvalue weighted by Gasteiger charge is 2.24. The van der Waals surface area contributed by atoms with Crippen LogP contribution in [0.2, 0.25) is 5.02 Å². The highest BCUT2D eigenvalue weighted by molar-refractivity contribution is 6.30. The van der Waals surface area contributed by atoms with Crippen molar-refractivity contribution < 1.29 is 19.4 Å². The molecule has 0 fully saturated rings. The van der Waals surface area contributed by atoms with Crippen LogP contribution in [0.15, 0.2) is 48.5 Å².